The molecule has 0 aliphatic heterocycles. The van der Waals surface area contributed by atoms with Gasteiger partial charge < -0.3 is 10.1 Å². The van der Waals surface area contributed by atoms with E-state index in [2.05, 4.69) is 5.32 Å². The van der Waals surface area contributed by atoms with Crippen molar-refractivity contribution in [3.05, 3.63) is 29.3 Å². The molecule has 82 valence electrons. The van der Waals surface area contributed by atoms with E-state index in [-0.39, 0.29) is 12.0 Å². The van der Waals surface area contributed by atoms with Crippen LogP contribution in [0.5, 0.6) is 5.75 Å². The highest BCUT2D eigenvalue weighted by molar-refractivity contribution is 5.96. The first-order valence-corrected chi connectivity index (χ1v) is 5.17. The van der Waals surface area contributed by atoms with Gasteiger partial charge in [-0.2, -0.15) is 5.26 Å². The van der Waals surface area contributed by atoms with E-state index in [0.717, 1.165) is 12.8 Å². The average Bonchev–Trinajstić information content (AvgIpc) is 3.11. The molecule has 16 heavy (non-hydrogen) atoms. The number of rotatable bonds is 3. The van der Waals surface area contributed by atoms with Gasteiger partial charge in [-0.15, -0.1) is 0 Å². The van der Waals surface area contributed by atoms with Crippen molar-refractivity contribution in [3.8, 4) is 11.8 Å². The zero-order valence-corrected chi connectivity index (χ0v) is 8.99. The van der Waals surface area contributed by atoms with Gasteiger partial charge in [0.15, 0.2) is 0 Å². The highest BCUT2D eigenvalue weighted by Gasteiger charge is 2.24. The highest BCUT2D eigenvalue weighted by atomic mass is 16.5. The summed E-state index contributed by atoms with van der Waals surface area (Å²) in [4.78, 5) is 11.4. The molecule has 0 atom stereocenters. The molecule has 1 aromatic carbocycles. The third kappa shape index (κ3) is 2.14. The summed E-state index contributed by atoms with van der Waals surface area (Å²) in [6, 6.07) is 6.96. The van der Waals surface area contributed by atoms with Gasteiger partial charge in [-0.3, -0.25) is 4.79 Å². The number of hydrogen-bond acceptors (Lipinski definition) is 3. The summed E-state index contributed by atoms with van der Waals surface area (Å²) in [6.07, 6.45) is 2.43. The molecule has 1 fully saturated rings. The van der Waals surface area contributed by atoms with Crippen molar-refractivity contribution >= 4 is 5.91 Å². The van der Waals surface area contributed by atoms with Gasteiger partial charge >= 0.3 is 0 Å². The molecule has 4 nitrogen and oxygen atoms in total. The molecule has 1 aliphatic rings. The van der Waals surface area contributed by atoms with Gasteiger partial charge in [0.05, 0.1) is 17.2 Å². The molecule has 1 aliphatic carbocycles. The van der Waals surface area contributed by atoms with Gasteiger partial charge in [0.25, 0.3) is 5.91 Å². The predicted octanol–water partition coefficient (Wildman–Crippen LogP) is 1.46. The molecule has 0 aromatic heterocycles. The van der Waals surface area contributed by atoms with Crippen LogP contribution in [0.25, 0.3) is 0 Å². The van der Waals surface area contributed by atoms with Crippen molar-refractivity contribution < 1.29 is 9.53 Å². The van der Waals surface area contributed by atoms with Gasteiger partial charge in [-0.05, 0) is 31.0 Å². The minimum absolute atomic E-state index is 0.255. The minimum Gasteiger partial charge on any atom is -0.490 e. The van der Waals surface area contributed by atoms with Crippen LogP contribution in [0.4, 0.5) is 0 Å². The average molecular weight is 216 g/mol. The number of nitrogens with zero attached hydrogens (tertiary/aromatic N) is 1. The Kier molecular flexibility index (Phi) is 2.78. The van der Waals surface area contributed by atoms with Crippen LogP contribution in [0.15, 0.2) is 18.2 Å². The van der Waals surface area contributed by atoms with E-state index < -0.39 is 0 Å². The Morgan fingerprint density at radius 2 is 2.31 bits per heavy atom. The fourth-order valence-corrected chi connectivity index (χ4v) is 1.40. The van der Waals surface area contributed by atoms with Gasteiger partial charge in [0, 0.05) is 7.05 Å². The molecule has 0 bridgehead atoms. The summed E-state index contributed by atoms with van der Waals surface area (Å²) in [5.74, 6) is 0.404. The molecule has 0 spiro atoms. The number of ether oxygens (including phenoxy) is 1. The standard InChI is InChI=1S/C12H12N2O2/c1-14-12(15)11-5-4-10(6-8(11)7-13)16-9-2-3-9/h4-6,9H,2-3H2,1H3,(H,14,15). The lowest BCUT2D eigenvalue weighted by molar-refractivity contribution is 0.0963. The number of benzene rings is 1. The summed E-state index contributed by atoms with van der Waals surface area (Å²) < 4.78 is 5.55. The fourth-order valence-electron chi connectivity index (χ4n) is 1.40. The largest absolute Gasteiger partial charge is 0.490 e. The second kappa shape index (κ2) is 4.23. The maximum Gasteiger partial charge on any atom is 0.252 e. The Morgan fingerprint density at radius 1 is 1.56 bits per heavy atom. The monoisotopic (exact) mass is 216 g/mol. The van der Waals surface area contributed by atoms with E-state index in [1.165, 1.54) is 7.05 Å². The Morgan fingerprint density at radius 3 is 2.88 bits per heavy atom. The number of nitriles is 1. The van der Waals surface area contributed by atoms with Crippen LogP contribution >= 0.6 is 0 Å². The Balaban J connectivity index is 2.27. The molecule has 1 saturated carbocycles. The normalized spacial score (nSPS) is 14.0. The van der Waals surface area contributed by atoms with Crippen LogP contribution in [-0.2, 0) is 0 Å². The van der Waals surface area contributed by atoms with Crippen LogP contribution in [0, 0.1) is 11.3 Å². The number of carbonyl (C=O) groups excluding carboxylic acids is 1. The molecule has 1 amide bonds. The Hall–Kier alpha value is -2.02. The van der Waals surface area contributed by atoms with E-state index in [9.17, 15) is 4.79 Å². The van der Waals surface area contributed by atoms with Crippen molar-refractivity contribution in [1.29, 1.82) is 5.26 Å². The molecule has 0 unspecified atom stereocenters. The number of nitrogens with one attached hydrogen (secondary N) is 1. The van der Waals surface area contributed by atoms with E-state index in [0.29, 0.717) is 16.9 Å². The lowest BCUT2D eigenvalue weighted by Gasteiger charge is -2.07. The van der Waals surface area contributed by atoms with Crippen molar-refractivity contribution in [3.63, 3.8) is 0 Å². The third-order valence-corrected chi connectivity index (χ3v) is 2.41. The van der Waals surface area contributed by atoms with E-state index in [1.807, 2.05) is 6.07 Å². The molecule has 0 saturated heterocycles. The summed E-state index contributed by atoms with van der Waals surface area (Å²) in [6.45, 7) is 0. The van der Waals surface area contributed by atoms with E-state index in [4.69, 9.17) is 10.00 Å². The van der Waals surface area contributed by atoms with Crippen LogP contribution in [0.1, 0.15) is 28.8 Å². The lowest BCUT2D eigenvalue weighted by Crippen LogP contribution is -2.19. The van der Waals surface area contributed by atoms with Crippen molar-refractivity contribution in [1.82, 2.24) is 5.32 Å². The zero-order chi connectivity index (χ0) is 11.5. The molecule has 0 radical (unpaired) electrons. The fraction of sp³-hybridized carbons (Fsp3) is 0.333. The second-order valence-corrected chi connectivity index (χ2v) is 3.72. The summed E-state index contributed by atoms with van der Waals surface area (Å²) in [5.41, 5.74) is 0.727. The molecular weight excluding hydrogens is 204 g/mol. The summed E-state index contributed by atoms with van der Waals surface area (Å²) >= 11 is 0. The number of hydrogen-bond donors (Lipinski definition) is 1. The van der Waals surface area contributed by atoms with Gasteiger partial charge in [-0.1, -0.05) is 0 Å². The summed E-state index contributed by atoms with van der Waals surface area (Å²) in [5, 5.41) is 11.4. The SMILES string of the molecule is CNC(=O)c1ccc(OC2CC2)cc1C#N. The topological polar surface area (TPSA) is 62.1 Å². The van der Waals surface area contributed by atoms with Crippen molar-refractivity contribution in [2.24, 2.45) is 0 Å². The second-order valence-electron chi connectivity index (χ2n) is 3.72. The Labute approximate surface area is 93.8 Å². The van der Waals surface area contributed by atoms with Crippen LogP contribution < -0.4 is 10.1 Å². The molecule has 1 N–H and O–H groups in total. The van der Waals surface area contributed by atoms with E-state index in [1.54, 1.807) is 18.2 Å². The molecule has 4 heteroatoms. The van der Waals surface area contributed by atoms with Gasteiger partial charge in [0.1, 0.15) is 11.8 Å². The molecule has 0 heterocycles. The predicted molar refractivity (Wildman–Crippen MR) is 58.2 cm³/mol. The zero-order valence-electron chi connectivity index (χ0n) is 8.99. The minimum atomic E-state index is -0.255. The van der Waals surface area contributed by atoms with Crippen LogP contribution in [0.3, 0.4) is 0 Å². The summed E-state index contributed by atoms with van der Waals surface area (Å²) in [7, 11) is 1.54. The molecular formula is C12H12N2O2. The number of carbonyl (C=O) groups is 1. The van der Waals surface area contributed by atoms with Gasteiger partial charge in [0.2, 0.25) is 0 Å². The lowest BCUT2D eigenvalue weighted by atomic mass is 10.1. The Bertz CT molecular complexity index is 459. The van der Waals surface area contributed by atoms with Crippen LogP contribution in [-0.4, -0.2) is 19.1 Å². The first-order chi connectivity index (χ1) is 7.74. The van der Waals surface area contributed by atoms with Crippen LogP contribution in [0.2, 0.25) is 0 Å². The molecule has 2 rings (SSSR count). The number of amides is 1. The van der Waals surface area contributed by atoms with E-state index >= 15 is 0 Å². The first-order valence-electron chi connectivity index (χ1n) is 5.17. The highest BCUT2D eigenvalue weighted by Crippen LogP contribution is 2.27. The van der Waals surface area contributed by atoms with Crippen molar-refractivity contribution in [2.45, 2.75) is 18.9 Å². The maximum absolute atomic E-state index is 11.4. The third-order valence-electron chi connectivity index (χ3n) is 2.41. The van der Waals surface area contributed by atoms with Gasteiger partial charge in [-0.25, -0.2) is 0 Å². The first kappa shape index (κ1) is 10.5. The maximum atomic E-state index is 11.4. The molecule has 1 aromatic rings. The van der Waals surface area contributed by atoms with Crippen molar-refractivity contribution in [2.75, 3.05) is 7.05 Å². The quantitative estimate of drug-likeness (QED) is 0.832. The smallest absolute Gasteiger partial charge is 0.252 e.